The molecule has 29 heavy (non-hydrogen) atoms. The highest BCUT2D eigenvalue weighted by Crippen LogP contribution is 2.24. The van der Waals surface area contributed by atoms with E-state index in [0.29, 0.717) is 12.6 Å². The number of nitrogens with one attached hydrogen (secondary N) is 1. The molecule has 0 spiro atoms. The van der Waals surface area contributed by atoms with Gasteiger partial charge in [0.05, 0.1) is 12.5 Å². The first-order valence-electron chi connectivity index (χ1n) is 10.9. The lowest BCUT2D eigenvalue weighted by atomic mass is 9.93. The van der Waals surface area contributed by atoms with Gasteiger partial charge in [-0.15, -0.1) is 0 Å². The number of carbonyl (C=O) groups excluding carboxylic acids is 1. The Hall–Kier alpha value is -2.25. The number of piperidine rings is 2. The molecule has 156 valence electrons. The van der Waals surface area contributed by atoms with Gasteiger partial charge in [0.2, 0.25) is 5.91 Å². The Bertz CT molecular complexity index is 742. The van der Waals surface area contributed by atoms with Gasteiger partial charge in [0.25, 0.3) is 0 Å². The van der Waals surface area contributed by atoms with E-state index in [1.165, 1.54) is 18.4 Å². The summed E-state index contributed by atoms with van der Waals surface area (Å²) in [6.07, 6.45) is 11.9. The van der Waals surface area contributed by atoms with Gasteiger partial charge in [-0.3, -0.25) is 24.3 Å². The van der Waals surface area contributed by atoms with Crippen molar-refractivity contribution in [2.45, 2.75) is 44.8 Å². The van der Waals surface area contributed by atoms with Crippen LogP contribution in [0.5, 0.6) is 0 Å². The summed E-state index contributed by atoms with van der Waals surface area (Å²) < 4.78 is 1.85. The minimum absolute atomic E-state index is 0.121. The summed E-state index contributed by atoms with van der Waals surface area (Å²) in [6.45, 7) is 6.68. The second-order valence-corrected chi connectivity index (χ2v) is 8.26. The van der Waals surface area contributed by atoms with Crippen molar-refractivity contribution in [1.82, 2.24) is 29.9 Å². The van der Waals surface area contributed by atoms with Gasteiger partial charge < -0.3 is 5.32 Å². The SMILES string of the molecule is O=C(NCCn1cccn1)[C@@H]1CCCN(C2CCN(Cc3ccncc3)CC2)C1. The van der Waals surface area contributed by atoms with E-state index < -0.39 is 0 Å². The molecule has 0 aromatic carbocycles. The van der Waals surface area contributed by atoms with Crippen LogP contribution in [-0.2, 0) is 17.9 Å². The standard InChI is InChI=1S/C22H32N6O/c29-22(24-11-16-28-13-2-8-25-28)20-3-1-12-27(18-20)21-6-14-26(15-7-21)17-19-4-9-23-10-5-19/h2,4-5,8-10,13,20-21H,1,3,6-7,11-12,14-18H2,(H,24,29)/t20-/m1/s1. The minimum atomic E-state index is 0.121. The van der Waals surface area contributed by atoms with Crippen LogP contribution in [0.1, 0.15) is 31.2 Å². The molecule has 2 aromatic heterocycles. The summed E-state index contributed by atoms with van der Waals surface area (Å²) in [4.78, 5) is 21.8. The summed E-state index contributed by atoms with van der Waals surface area (Å²) in [5.41, 5.74) is 1.34. The third-order valence-electron chi connectivity index (χ3n) is 6.25. The summed E-state index contributed by atoms with van der Waals surface area (Å²) in [5.74, 6) is 0.327. The highest BCUT2D eigenvalue weighted by molar-refractivity contribution is 5.78. The first-order chi connectivity index (χ1) is 14.3. The number of likely N-dealkylation sites (tertiary alicyclic amines) is 2. The lowest BCUT2D eigenvalue weighted by Gasteiger charge is -2.42. The van der Waals surface area contributed by atoms with E-state index in [0.717, 1.165) is 52.1 Å². The number of pyridine rings is 1. The van der Waals surface area contributed by atoms with Crippen LogP contribution in [-0.4, -0.2) is 69.2 Å². The molecular formula is C22H32N6O. The second kappa shape index (κ2) is 9.98. The van der Waals surface area contributed by atoms with Crippen molar-refractivity contribution in [1.29, 1.82) is 0 Å². The van der Waals surface area contributed by atoms with Crippen LogP contribution in [0.3, 0.4) is 0 Å². The van der Waals surface area contributed by atoms with Crippen molar-refractivity contribution in [2.75, 3.05) is 32.7 Å². The lowest BCUT2D eigenvalue weighted by molar-refractivity contribution is -0.127. The van der Waals surface area contributed by atoms with E-state index in [2.05, 4.69) is 37.3 Å². The fourth-order valence-electron chi connectivity index (χ4n) is 4.61. The Morgan fingerprint density at radius 2 is 1.93 bits per heavy atom. The molecule has 7 heteroatoms. The zero-order chi connectivity index (χ0) is 19.9. The molecule has 4 heterocycles. The van der Waals surface area contributed by atoms with Crippen LogP contribution >= 0.6 is 0 Å². The van der Waals surface area contributed by atoms with Crippen molar-refractivity contribution in [2.24, 2.45) is 5.92 Å². The van der Waals surface area contributed by atoms with E-state index in [-0.39, 0.29) is 11.8 Å². The van der Waals surface area contributed by atoms with Crippen LogP contribution in [0.25, 0.3) is 0 Å². The van der Waals surface area contributed by atoms with Crippen molar-refractivity contribution < 1.29 is 4.79 Å². The molecule has 1 N–H and O–H groups in total. The molecule has 2 aliphatic heterocycles. The topological polar surface area (TPSA) is 66.3 Å². The molecule has 2 aliphatic rings. The molecule has 0 saturated carbocycles. The van der Waals surface area contributed by atoms with Crippen molar-refractivity contribution in [3.05, 3.63) is 48.5 Å². The number of hydrogen-bond donors (Lipinski definition) is 1. The smallest absolute Gasteiger partial charge is 0.224 e. The average Bonchev–Trinajstić information content (AvgIpc) is 3.29. The van der Waals surface area contributed by atoms with Crippen LogP contribution in [0.4, 0.5) is 0 Å². The normalized spacial score (nSPS) is 21.9. The molecule has 2 saturated heterocycles. The van der Waals surface area contributed by atoms with Gasteiger partial charge in [0.1, 0.15) is 0 Å². The molecule has 0 radical (unpaired) electrons. The van der Waals surface area contributed by atoms with E-state index in [4.69, 9.17) is 0 Å². The number of aromatic nitrogens is 3. The molecule has 0 bridgehead atoms. The summed E-state index contributed by atoms with van der Waals surface area (Å²) in [5, 5.41) is 7.29. The van der Waals surface area contributed by atoms with Gasteiger partial charge in [-0.25, -0.2) is 0 Å². The quantitative estimate of drug-likeness (QED) is 0.773. The van der Waals surface area contributed by atoms with Crippen LogP contribution in [0.2, 0.25) is 0 Å². The molecule has 7 nitrogen and oxygen atoms in total. The number of carbonyl (C=O) groups is 1. The predicted octanol–water partition coefficient (Wildman–Crippen LogP) is 1.77. The third-order valence-corrected chi connectivity index (χ3v) is 6.25. The van der Waals surface area contributed by atoms with Crippen molar-refractivity contribution in [3.8, 4) is 0 Å². The van der Waals surface area contributed by atoms with Gasteiger partial charge in [-0.05, 0) is 69.1 Å². The highest BCUT2D eigenvalue weighted by atomic mass is 16.1. The largest absolute Gasteiger partial charge is 0.354 e. The van der Waals surface area contributed by atoms with Gasteiger partial charge in [0.15, 0.2) is 0 Å². The van der Waals surface area contributed by atoms with E-state index in [1.54, 1.807) is 6.20 Å². The fraction of sp³-hybridized carbons (Fsp3) is 0.591. The van der Waals surface area contributed by atoms with E-state index in [1.807, 2.05) is 29.3 Å². The van der Waals surface area contributed by atoms with Crippen molar-refractivity contribution in [3.63, 3.8) is 0 Å². The predicted molar refractivity (Wildman–Crippen MR) is 112 cm³/mol. The van der Waals surface area contributed by atoms with Gasteiger partial charge >= 0.3 is 0 Å². The average molecular weight is 397 g/mol. The fourth-order valence-corrected chi connectivity index (χ4v) is 4.61. The summed E-state index contributed by atoms with van der Waals surface area (Å²) >= 11 is 0. The Kier molecular flexibility index (Phi) is 6.90. The van der Waals surface area contributed by atoms with Gasteiger partial charge in [-0.2, -0.15) is 5.10 Å². The van der Waals surface area contributed by atoms with E-state index >= 15 is 0 Å². The minimum Gasteiger partial charge on any atom is -0.354 e. The molecule has 4 rings (SSSR count). The summed E-state index contributed by atoms with van der Waals surface area (Å²) in [6, 6.07) is 6.73. The zero-order valence-electron chi connectivity index (χ0n) is 17.1. The van der Waals surface area contributed by atoms with Crippen LogP contribution in [0.15, 0.2) is 43.0 Å². The molecule has 1 atom stereocenters. The Morgan fingerprint density at radius 1 is 1.10 bits per heavy atom. The van der Waals surface area contributed by atoms with Gasteiger partial charge in [0, 0.05) is 50.5 Å². The maximum Gasteiger partial charge on any atom is 0.224 e. The maximum atomic E-state index is 12.6. The number of amides is 1. The Labute approximate surface area is 173 Å². The first kappa shape index (κ1) is 20.0. The monoisotopic (exact) mass is 396 g/mol. The third kappa shape index (κ3) is 5.64. The molecular weight excluding hydrogens is 364 g/mol. The molecule has 2 aromatic rings. The zero-order valence-corrected chi connectivity index (χ0v) is 17.1. The lowest BCUT2D eigenvalue weighted by Crippen LogP contribution is -2.50. The Morgan fingerprint density at radius 3 is 2.69 bits per heavy atom. The van der Waals surface area contributed by atoms with Crippen molar-refractivity contribution >= 4 is 5.91 Å². The number of rotatable bonds is 7. The molecule has 1 amide bonds. The van der Waals surface area contributed by atoms with E-state index in [9.17, 15) is 4.79 Å². The van der Waals surface area contributed by atoms with Crippen LogP contribution in [0, 0.1) is 5.92 Å². The maximum absolute atomic E-state index is 12.6. The first-order valence-corrected chi connectivity index (χ1v) is 10.9. The Balaban J connectivity index is 1.20. The van der Waals surface area contributed by atoms with Crippen LogP contribution < -0.4 is 5.32 Å². The highest BCUT2D eigenvalue weighted by Gasteiger charge is 2.31. The summed E-state index contributed by atoms with van der Waals surface area (Å²) in [7, 11) is 0. The second-order valence-electron chi connectivity index (χ2n) is 8.26. The number of hydrogen-bond acceptors (Lipinski definition) is 5. The molecule has 0 aliphatic carbocycles. The number of nitrogens with zero attached hydrogens (tertiary/aromatic N) is 5. The molecule has 0 unspecified atom stereocenters. The molecule has 2 fully saturated rings. The van der Waals surface area contributed by atoms with Gasteiger partial charge in [-0.1, -0.05) is 0 Å².